The van der Waals surface area contributed by atoms with E-state index in [-0.39, 0.29) is 18.0 Å². The fourth-order valence-corrected chi connectivity index (χ4v) is 4.18. The summed E-state index contributed by atoms with van der Waals surface area (Å²) in [6.07, 6.45) is 2.86. The molecule has 0 radical (unpaired) electrons. The predicted molar refractivity (Wildman–Crippen MR) is 133 cm³/mol. The Morgan fingerprint density at radius 1 is 1.03 bits per heavy atom. The van der Waals surface area contributed by atoms with E-state index in [4.69, 9.17) is 0 Å². The lowest BCUT2D eigenvalue weighted by atomic mass is 10.0. The Labute approximate surface area is 198 Å². The van der Waals surface area contributed by atoms with Crippen LogP contribution in [0.4, 0.5) is 4.79 Å². The molecule has 0 spiro atoms. The molecule has 0 fully saturated rings. The van der Waals surface area contributed by atoms with Crippen molar-refractivity contribution >= 4 is 22.8 Å². The number of aryl methyl sites for hydroxylation is 1. The van der Waals surface area contributed by atoms with Gasteiger partial charge in [0.25, 0.3) is 0 Å². The summed E-state index contributed by atoms with van der Waals surface area (Å²) in [7, 11) is 1.57. The lowest BCUT2D eigenvalue weighted by Crippen LogP contribution is -2.52. The number of para-hydroxylation sites is 2. The molecule has 0 saturated carbocycles. The third-order valence-corrected chi connectivity index (χ3v) is 5.77. The number of H-pyrrole nitrogens is 1. The van der Waals surface area contributed by atoms with Gasteiger partial charge in [0.05, 0.1) is 11.4 Å². The largest absolute Gasteiger partial charge is 0.361 e. The van der Waals surface area contributed by atoms with Crippen LogP contribution in [-0.2, 0) is 17.6 Å². The average molecular weight is 459 g/mol. The molecule has 4 rings (SSSR count). The van der Waals surface area contributed by atoms with Gasteiger partial charge in [0.1, 0.15) is 6.04 Å². The lowest BCUT2D eigenvalue weighted by molar-refractivity contribution is -0.122. The van der Waals surface area contributed by atoms with Gasteiger partial charge in [-0.3, -0.25) is 4.79 Å². The number of aromatic amines is 1. The summed E-state index contributed by atoms with van der Waals surface area (Å²) in [6.45, 7) is 3.89. The predicted octanol–water partition coefficient (Wildman–Crippen LogP) is 3.25. The molecule has 0 aliphatic carbocycles. The van der Waals surface area contributed by atoms with E-state index >= 15 is 0 Å². The normalized spacial score (nSPS) is 12.8. The van der Waals surface area contributed by atoms with Crippen molar-refractivity contribution < 1.29 is 9.59 Å². The van der Waals surface area contributed by atoms with Crippen molar-refractivity contribution in [1.82, 2.24) is 30.7 Å². The Morgan fingerprint density at radius 2 is 1.76 bits per heavy atom. The van der Waals surface area contributed by atoms with Crippen LogP contribution in [0.25, 0.3) is 16.6 Å². The second-order valence-electron chi connectivity index (χ2n) is 8.48. The van der Waals surface area contributed by atoms with Crippen LogP contribution in [-0.4, -0.2) is 45.8 Å². The molecule has 34 heavy (non-hydrogen) atoms. The number of likely N-dealkylation sites (N-methyl/N-ethyl adjacent to an activating group) is 1. The topological polar surface area (TPSA) is 104 Å². The molecule has 8 heteroatoms. The van der Waals surface area contributed by atoms with Crippen LogP contribution in [0.5, 0.6) is 0 Å². The number of urea groups is 1. The van der Waals surface area contributed by atoms with E-state index in [1.54, 1.807) is 7.05 Å². The number of carbonyl (C=O) groups is 2. The molecule has 4 N–H and O–H groups in total. The van der Waals surface area contributed by atoms with E-state index in [1.807, 2.05) is 85.4 Å². The molecule has 0 saturated heterocycles. The molecular weight excluding hydrogens is 428 g/mol. The Morgan fingerprint density at radius 3 is 2.53 bits per heavy atom. The summed E-state index contributed by atoms with van der Waals surface area (Å²) < 4.78 is 1.90. The molecule has 0 bridgehead atoms. The first-order chi connectivity index (χ1) is 16.4. The number of benzene rings is 2. The maximum atomic E-state index is 12.8. The van der Waals surface area contributed by atoms with Crippen LogP contribution in [0.1, 0.15) is 23.9 Å². The fourth-order valence-electron chi connectivity index (χ4n) is 4.18. The van der Waals surface area contributed by atoms with E-state index in [0.29, 0.717) is 12.8 Å². The van der Waals surface area contributed by atoms with E-state index in [2.05, 4.69) is 26.0 Å². The molecule has 0 aliphatic heterocycles. The molecule has 3 amide bonds. The van der Waals surface area contributed by atoms with Crippen LogP contribution in [0.2, 0.25) is 0 Å². The summed E-state index contributed by atoms with van der Waals surface area (Å²) in [5.74, 6) is -0.245. The van der Waals surface area contributed by atoms with Crippen LogP contribution in [0, 0.1) is 6.92 Å². The summed E-state index contributed by atoms with van der Waals surface area (Å²) >= 11 is 0. The van der Waals surface area contributed by atoms with Crippen LogP contribution < -0.4 is 16.0 Å². The van der Waals surface area contributed by atoms with Crippen LogP contribution in [0.3, 0.4) is 0 Å². The van der Waals surface area contributed by atoms with Crippen molar-refractivity contribution in [1.29, 1.82) is 0 Å². The number of hydrogen-bond donors (Lipinski definition) is 4. The van der Waals surface area contributed by atoms with Crippen LogP contribution >= 0.6 is 0 Å². The van der Waals surface area contributed by atoms with Gasteiger partial charge in [-0.1, -0.05) is 36.4 Å². The van der Waals surface area contributed by atoms with Crippen molar-refractivity contribution in [2.24, 2.45) is 0 Å². The second kappa shape index (κ2) is 10.2. The maximum Gasteiger partial charge on any atom is 0.315 e. The molecule has 1 unspecified atom stereocenters. The van der Waals surface area contributed by atoms with Gasteiger partial charge in [0.2, 0.25) is 5.91 Å². The van der Waals surface area contributed by atoms with Gasteiger partial charge in [0.15, 0.2) is 0 Å². The highest BCUT2D eigenvalue weighted by atomic mass is 16.2. The molecule has 2 heterocycles. The Kier molecular flexibility index (Phi) is 6.96. The standard InChI is InChI=1S/C26H30N6O2/c1-17(13-21-14-18(2)31-32(21)20-9-5-4-6-10-20)29-26(34)30-24(25(33)27-3)15-19-16-28-23-12-8-7-11-22(19)23/h4-12,14,16-17,24,28H,13,15H2,1-3H3,(H,27,33)(H2,29,30,34)/t17?,24-/m0/s1. The molecule has 176 valence electrons. The van der Waals surface area contributed by atoms with Crippen molar-refractivity contribution in [2.75, 3.05) is 7.05 Å². The van der Waals surface area contributed by atoms with Crippen molar-refractivity contribution in [3.8, 4) is 5.69 Å². The SMILES string of the molecule is CNC(=O)[C@H](Cc1c[nH]c2ccccc12)NC(=O)NC(C)Cc1cc(C)nn1-c1ccccc1. The highest BCUT2D eigenvalue weighted by molar-refractivity contribution is 5.89. The smallest absolute Gasteiger partial charge is 0.315 e. The molecule has 2 aromatic heterocycles. The Bertz CT molecular complexity index is 1280. The number of nitrogens with zero attached hydrogens (tertiary/aromatic N) is 2. The number of aromatic nitrogens is 3. The number of rotatable bonds is 8. The zero-order valence-corrected chi connectivity index (χ0v) is 19.6. The number of hydrogen-bond acceptors (Lipinski definition) is 3. The molecule has 2 atom stereocenters. The van der Waals surface area contributed by atoms with Gasteiger partial charge in [-0.2, -0.15) is 5.10 Å². The quantitative estimate of drug-likeness (QED) is 0.326. The Balaban J connectivity index is 1.42. The average Bonchev–Trinajstić information content (AvgIpc) is 3.41. The monoisotopic (exact) mass is 458 g/mol. The van der Waals surface area contributed by atoms with Gasteiger partial charge < -0.3 is 20.9 Å². The third-order valence-electron chi connectivity index (χ3n) is 5.77. The van der Waals surface area contributed by atoms with Crippen LogP contribution in [0.15, 0.2) is 66.9 Å². The second-order valence-corrected chi connectivity index (χ2v) is 8.48. The molecule has 0 aliphatic rings. The number of amides is 3. The number of fused-ring (bicyclic) bond motifs is 1. The van der Waals surface area contributed by atoms with Gasteiger partial charge in [0, 0.05) is 48.7 Å². The van der Waals surface area contributed by atoms with Crippen molar-refractivity contribution in [3.63, 3.8) is 0 Å². The van der Waals surface area contributed by atoms with E-state index in [9.17, 15) is 9.59 Å². The summed E-state index contributed by atoms with van der Waals surface area (Å²) in [5, 5.41) is 14.1. The first-order valence-corrected chi connectivity index (χ1v) is 11.4. The van der Waals surface area contributed by atoms with Crippen molar-refractivity contribution in [2.45, 2.75) is 38.8 Å². The lowest BCUT2D eigenvalue weighted by Gasteiger charge is -2.20. The zero-order chi connectivity index (χ0) is 24.1. The fraction of sp³-hybridized carbons (Fsp3) is 0.269. The van der Waals surface area contributed by atoms with E-state index < -0.39 is 6.04 Å². The summed E-state index contributed by atoms with van der Waals surface area (Å²) in [4.78, 5) is 28.5. The highest BCUT2D eigenvalue weighted by Crippen LogP contribution is 2.19. The third kappa shape index (κ3) is 5.28. The molecule has 4 aromatic rings. The van der Waals surface area contributed by atoms with Gasteiger partial charge >= 0.3 is 6.03 Å². The first-order valence-electron chi connectivity index (χ1n) is 11.4. The molecule has 8 nitrogen and oxygen atoms in total. The molecule has 2 aromatic carbocycles. The first kappa shape index (κ1) is 23.1. The Hall–Kier alpha value is -4.07. The maximum absolute atomic E-state index is 12.8. The zero-order valence-electron chi connectivity index (χ0n) is 19.6. The summed E-state index contributed by atoms with van der Waals surface area (Å²) in [5.41, 5.74) is 4.85. The minimum atomic E-state index is -0.700. The highest BCUT2D eigenvalue weighted by Gasteiger charge is 2.23. The van der Waals surface area contributed by atoms with E-state index in [0.717, 1.165) is 33.5 Å². The summed E-state index contributed by atoms with van der Waals surface area (Å²) in [6, 6.07) is 18.6. The van der Waals surface area contributed by atoms with E-state index in [1.165, 1.54) is 0 Å². The van der Waals surface area contributed by atoms with Gasteiger partial charge in [-0.25, -0.2) is 9.48 Å². The number of nitrogens with one attached hydrogen (secondary N) is 4. The minimum Gasteiger partial charge on any atom is -0.361 e. The van der Waals surface area contributed by atoms with Gasteiger partial charge in [-0.15, -0.1) is 0 Å². The minimum absolute atomic E-state index is 0.169. The number of carbonyl (C=O) groups excluding carboxylic acids is 2. The van der Waals surface area contributed by atoms with Crippen molar-refractivity contribution in [3.05, 3.63) is 83.8 Å². The van der Waals surface area contributed by atoms with Gasteiger partial charge in [-0.05, 0) is 43.7 Å². The molecular formula is C26H30N6O2.